The van der Waals surface area contributed by atoms with Gasteiger partial charge in [-0.25, -0.2) is 0 Å². The van der Waals surface area contributed by atoms with E-state index in [-0.39, 0.29) is 6.10 Å². The predicted molar refractivity (Wildman–Crippen MR) is 52.8 cm³/mol. The number of halogens is 1. The Morgan fingerprint density at radius 1 is 1.00 bits per heavy atom. The summed E-state index contributed by atoms with van der Waals surface area (Å²) in [6, 6.07) is 0. The van der Waals surface area contributed by atoms with E-state index in [2.05, 4.69) is 29.8 Å². The minimum Gasteiger partial charge on any atom is -0.394 e. The largest absolute Gasteiger partial charge is 0.394 e. The lowest BCUT2D eigenvalue weighted by Gasteiger charge is -1.80. The second kappa shape index (κ2) is 16.2. The summed E-state index contributed by atoms with van der Waals surface area (Å²) in [5, 5.41) is 8.06. The standard InChI is InChI=1S/C3H7Br.C3H8O.C2H6/c2*1-3(2)4;1-2/h3H,1-2H3;3-4H,1-2H3;1-2H3. The van der Waals surface area contributed by atoms with E-state index in [1.165, 1.54) is 0 Å². The summed E-state index contributed by atoms with van der Waals surface area (Å²) in [5.74, 6) is 0. The van der Waals surface area contributed by atoms with Crippen molar-refractivity contribution in [3.05, 3.63) is 0 Å². The first-order chi connectivity index (χ1) is 4.46. The summed E-state index contributed by atoms with van der Waals surface area (Å²) in [7, 11) is 0. The smallest absolute Gasteiger partial charge is 0.0483 e. The Hall–Kier alpha value is 0.440. The lowest BCUT2D eigenvalue weighted by atomic mass is 10.5. The van der Waals surface area contributed by atoms with Gasteiger partial charge < -0.3 is 5.11 Å². The second-order valence-electron chi connectivity index (χ2n) is 2.11. The highest BCUT2D eigenvalue weighted by atomic mass is 79.9. The summed E-state index contributed by atoms with van der Waals surface area (Å²) < 4.78 is 0. The monoisotopic (exact) mass is 212 g/mol. The maximum absolute atomic E-state index is 8.06. The zero-order valence-electron chi connectivity index (χ0n) is 7.98. The number of hydrogen-bond donors (Lipinski definition) is 1. The van der Waals surface area contributed by atoms with Crippen molar-refractivity contribution in [2.45, 2.75) is 52.5 Å². The van der Waals surface area contributed by atoms with Gasteiger partial charge in [-0.15, -0.1) is 0 Å². The van der Waals surface area contributed by atoms with E-state index in [4.69, 9.17) is 5.11 Å². The Morgan fingerprint density at radius 3 is 1.00 bits per heavy atom. The number of aliphatic hydroxyl groups excluding tert-OH is 1. The maximum Gasteiger partial charge on any atom is 0.0483 e. The number of aliphatic hydroxyl groups is 1. The Labute approximate surface area is 74.0 Å². The Kier molecular flexibility index (Phi) is 27.3. The molecule has 0 bridgehead atoms. The molecule has 0 unspecified atom stereocenters. The van der Waals surface area contributed by atoms with Gasteiger partial charge in [0.2, 0.25) is 0 Å². The molecule has 1 N–H and O–H groups in total. The molecule has 0 atom stereocenters. The minimum atomic E-state index is -0.167. The molecular weight excluding hydrogens is 192 g/mol. The maximum atomic E-state index is 8.06. The lowest BCUT2D eigenvalue weighted by Crippen LogP contribution is -1.85. The van der Waals surface area contributed by atoms with Crippen LogP contribution >= 0.6 is 15.9 Å². The summed E-state index contributed by atoms with van der Waals surface area (Å²) >= 11 is 3.27. The van der Waals surface area contributed by atoms with Crippen molar-refractivity contribution in [2.24, 2.45) is 0 Å². The molecule has 0 radical (unpaired) electrons. The van der Waals surface area contributed by atoms with Crippen molar-refractivity contribution in [3.8, 4) is 0 Å². The van der Waals surface area contributed by atoms with Crippen LogP contribution in [0.1, 0.15) is 41.5 Å². The SMILES string of the molecule is CC.CC(C)Br.CC(C)O. The number of hydrogen-bond acceptors (Lipinski definition) is 1. The summed E-state index contributed by atoms with van der Waals surface area (Å²) in [6.07, 6.45) is -0.167. The molecule has 0 rings (SSSR count). The molecule has 1 nitrogen and oxygen atoms in total. The molecule has 2 heteroatoms. The first kappa shape index (κ1) is 16.8. The second-order valence-corrected chi connectivity index (χ2v) is 3.94. The van der Waals surface area contributed by atoms with Crippen molar-refractivity contribution in [2.75, 3.05) is 0 Å². The van der Waals surface area contributed by atoms with Crippen LogP contribution in [0.3, 0.4) is 0 Å². The van der Waals surface area contributed by atoms with Crippen LogP contribution in [0.2, 0.25) is 0 Å². The van der Waals surface area contributed by atoms with Crippen LogP contribution in [0.15, 0.2) is 0 Å². The molecule has 10 heavy (non-hydrogen) atoms. The molecule has 0 spiro atoms. The van der Waals surface area contributed by atoms with E-state index in [0.29, 0.717) is 4.83 Å². The van der Waals surface area contributed by atoms with Gasteiger partial charge in [-0.05, 0) is 13.8 Å². The summed E-state index contributed by atoms with van der Waals surface area (Å²) in [6.45, 7) is 11.6. The highest BCUT2D eigenvalue weighted by Gasteiger charge is 1.71. The van der Waals surface area contributed by atoms with Gasteiger partial charge in [0.25, 0.3) is 0 Å². The molecule has 0 aromatic carbocycles. The van der Waals surface area contributed by atoms with Crippen molar-refractivity contribution in [3.63, 3.8) is 0 Å². The molecular formula is C8H21BrO. The highest BCUT2D eigenvalue weighted by Crippen LogP contribution is 1.89. The third-order valence-electron chi connectivity index (χ3n) is 0. The number of alkyl halides is 1. The summed E-state index contributed by atoms with van der Waals surface area (Å²) in [4.78, 5) is 0.646. The highest BCUT2D eigenvalue weighted by molar-refractivity contribution is 9.09. The topological polar surface area (TPSA) is 20.2 Å². The van der Waals surface area contributed by atoms with Gasteiger partial charge in [0.1, 0.15) is 0 Å². The molecule has 0 aliphatic heterocycles. The average Bonchev–Trinajstić information content (AvgIpc) is 1.66. The van der Waals surface area contributed by atoms with E-state index in [9.17, 15) is 0 Å². The van der Waals surface area contributed by atoms with Crippen LogP contribution in [-0.4, -0.2) is 16.0 Å². The van der Waals surface area contributed by atoms with Crippen molar-refractivity contribution >= 4 is 15.9 Å². The van der Waals surface area contributed by atoms with E-state index in [1.54, 1.807) is 13.8 Å². The minimum absolute atomic E-state index is 0.167. The lowest BCUT2D eigenvalue weighted by molar-refractivity contribution is 0.216. The molecule has 0 aromatic rings. The fraction of sp³-hybridized carbons (Fsp3) is 1.00. The van der Waals surface area contributed by atoms with Gasteiger partial charge in [0, 0.05) is 10.9 Å². The Balaban J connectivity index is -0.0000000787. The molecule has 0 aliphatic carbocycles. The van der Waals surface area contributed by atoms with Crippen molar-refractivity contribution in [1.29, 1.82) is 0 Å². The van der Waals surface area contributed by atoms with Crippen LogP contribution in [0, 0.1) is 0 Å². The third kappa shape index (κ3) is 2410. The van der Waals surface area contributed by atoms with Gasteiger partial charge >= 0.3 is 0 Å². The quantitative estimate of drug-likeness (QED) is 0.612. The normalized spacial score (nSPS) is 7.80. The van der Waals surface area contributed by atoms with Crippen LogP contribution in [-0.2, 0) is 0 Å². The molecule has 0 amide bonds. The third-order valence-corrected chi connectivity index (χ3v) is 0. The van der Waals surface area contributed by atoms with Crippen LogP contribution in [0.4, 0.5) is 0 Å². The molecule has 0 fully saturated rings. The van der Waals surface area contributed by atoms with E-state index in [1.807, 2.05) is 13.8 Å². The van der Waals surface area contributed by atoms with E-state index < -0.39 is 0 Å². The van der Waals surface area contributed by atoms with Gasteiger partial charge in [-0.3, -0.25) is 0 Å². The summed E-state index contributed by atoms with van der Waals surface area (Å²) in [5.41, 5.74) is 0. The average molecular weight is 213 g/mol. The van der Waals surface area contributed by atoms with Crippen LogP contribution in [0.25, 0.3) is 0 Å². The molecule has 0 aromatic heterocycles. The fourth-order valence-electron chi connectivity index (χ4n) is 0. The molecule has 66 valence electrons. The van der Waals surface area contributed by atoms with E-state index >= 15 is 0 Å². The van der Waals surface area contributed by atoms with Gasteiger partial charge in [-0.1, -0.05) is 43.6 Å². The zero-order chi connectivity index (χ0) is 9.15. The molecule has 0 aliphatic rings. The Morgan fingerprint density at radius 2 is 1.00 bits per heavy atom. The van der Waals surface area contributed by atoms with Crippen molar-refractivity contribution in [1.82, 2.24) is 0 Å². The zero-order valence-corrected chi connectivity index (χ0v) is 9.57. The van der Waals surface area contributed by atoms with Crippen LogP contribution < -0.4 is 0 Å². The number of rotatable bonds is 0. The molecule has 0 saturated carbocycles. The first-order valence-electron chi connectivity index (χ1n) is 3.79. The van der Waals surface area contributed by atoms with Gasteiger partial charge in [0.15, 0.2) is 0 Å². The van der Waals surface area contributed by atoms with Crippen LogP contribution in [0.5, 0.6) is 0 Å². The van der Waals surface area contributed by atoms with E-state index in [0.717, 1.165) is 0 Å². The molecule has 0 saturated heterocycles. The van der Waals surface area contributed by atoms with Gasteiger partial charge in [0.05, 0.1) is 0 Å². The molecule has 0 heterocycles. The first-order valence-corrected chi connectivity index (χ1v) is 4.70. The fourth-order valence-corrected chi connectivity index (χ4v) is 0. The van der Waals surface area contributed by atoms with Gasteiger partial charge in [-0.2, -0.15) is 0 Å². The predicted octanol–water partition coefficient (Wildman–Crippen LogP) is 3.20. The Bertz CT molecular complexity index is 24.7. The van der Waals surface area contributed by atoms with Crippen molar-refractivity contribution < 1.29 is 5.11 Å².